The van der Waals surface area contributed by atoms with E-state index in [2.05, 4.69) is 0 Å². The first kappa shape index (κ1) is 15.0. The minimum absolute atomic E-state index is 0.497. The number of hydrogen-bond donors (Lipinski definition) is 0. The number of nitriles is 1. The van der Waals surface area contributed by atoms with Crippen LogP contribution >= 0.6 is 0 Å². The second-order valence-electron chi connectivity index (χ2n) is 4.02. The molecule has 0 bridgehead atoms. The minimum Gasteiger partial charge on any atom is -0.347 e. The van der Waals surface area contributed by atoms with Crippen molar-refractivity contribution in [3.8, 4) is 6.07 Å². The lowest BCUT2D eigenvalue weighted by Crippen LogP contribution is -2.28. The highest BCUT2D eigenvalue weighted by Crippen LogP contribution is 2.35. The third-order valence-electron chi connectivity index (χ3n) is 2.56. The lowest BCUT2D eigenvalue weighted by Gasteiger charge is -2.15. The van der Waals surface area contributed by atoms with E-state index in [-0.39, 0.29) is 0 Å². The molecule has 20 heavy (non-hydrogen) atoms. The Kier molecular flexibility index (Phi) is 4.32. The molecule has 1 rings (SSSR count). The zero-order valence-corrected chi connectivity index (χ0v) is 10.6. The molecule has 0 radical (unpaired) electrons. The first-order chi connectivity index (χ1) is 9.31. The number of nitro benzene ring substituents is 2. The predicted molar refractivity (Wildman–Crippen MR) is 66.8 cm³/mol. The van der Waals surface area contributed by atoms with Gasteiger partial charge in [0.05, 0.1) is 15.9 Å². The summed E-state index contributed by atoms with van der Waals surface area (Å²) in [5.74, 6) is -2.36. The Morgan fingerprint density at radius 2 is 1.70 bits per heavy atom. The van der Waals surface area contributed by atoms with Crippen LogP contribution in [0.3, 0.4) is 0 Å². The Labute approximate surface area is 113 Å². The molecule has 1 aromatic carbocycles. The second kappa shape index (κ2) is 5.75. The van der Waals surface area contributed by atoms with Gasteiger partial charge in [-0.15, -0.1) is 0 Å². The van der Waals surface area contributed by atoms with Gasteiger partial charge in [-0.05, 0) is 6.07 Å². The van der Waals surface area contributed by atoms with Gasteiger partial charge in [0.1, 0.15) is 5.56 Å². The van der Waals surface area contributed by atoms with E-state index in [0.717, 1.165) is 23.1 Å². The van der Waals surface area contributed by atoms with Gasteiger partial charge in [0.15, 0.2) is 5.92 Å². The fourth-order valence-corrected chi connectivity index (χ4v) is 1.66. The number of nitrogens with zero attached hydrogens (tertiary/aromatic N) is 4. The highest BCUT2D eigenvalue weighted by molar-refractivity contribution is 5.89. The van der Waals surface area contributed by atoms with Crippen molar-refractivity contribution in [1.82, 2.24) is 4.90 Å². The lowest BCUT2D eigenvalue weighted by atomic mass is 9.95. The smallest absolute Gasteiger partial charge is 0.281 e. The summed E-state index contributed by atoms with van der Waals surface area (Å²) in [6.07, 6.45) is 0. The normalized spacial score (nSPS) is 11.2. The van der Waals surface area contributed by atoms with Gasteiger partial charge in [-0.1, -0.05) is 0 Å². The van der Waals surface area contributed by atoms with Gasteiger partial charge in [-0.2, -0.15) is 5.26 Å². The van der Waals surface area contributed by atoms with Crippen molar-refractivity contribution in [2.24, 2.45) is 0 Å². The van der Waals surface area contributed by atoms with Crippen molar-refractivity contribution < 1.29 is 14.6 Å². The van der Waals surface area contributed by atoms with Crippen molar-refractivity contribution in [3.05, 3.63) is 44.0 Å². The second-order valence-corrected chi connectivity index (χ2v) is 4.02. The van der Waals surface area contributed by atoms with E-state index in [9.17, 15) is 25.0 Å². The highest BCUT2D eigenvalue weighted by Gasteiger charge is 2.36. The maximum absolute atomic E-state index is 11.9. The summed E-state index contributed by atoms with van der Waals surface area (Å²) in [7, 11) is 2.71. The molecular formula is C11H10N4O5. The molecule has 1 aromatic rings. The number of rotatable bonds is 4. The third kappa shape index (κ3) is 2.69. The van der Waals surface area contributed by atoms with Crippen LogP contribution in [0.1, 0.15) is 11.5 Å². The third-order valence-corrected chi connectivity index (χ3v) is 2.56. The topological polar surface area (TPSA) is 130 Å². The van der Waals surface area contributed by atoms with Crippen LogP contribution in [-0.4, -0.2) is 34.7 Å². The van der Waals surface area contributed by atoms with Crippen LogP contribution < -0.4 is 0 Å². The van der Waals surface area contributed by atoms with Crippen LogP contribution in [0.4, 0.5) is 11.4 Å². The average Bonchev–Trinajstić information content (AvgIpc) is 2.38. The summed E-state index contributed by atoms with van der Waals surface area (Å²) in [5.41, 5.74) is -1.74. The summed E-state index contributed by atoms with van der Waals surface area (Å²) in [4.78, 5) is 33.1. The molecular weight excluding hydrogens is 268 g/mol. The molecule has 1 unspecified atom stereocenters. The Hall–Kier alpha value is -3.02. The van der Waals surface area contributed by atoms with Gasteiger partial charge in [0.2, 0.25) is 5.91 Å². The molecule has 0 fully saturated rings. The molecule has 0 aliphatic carbocycles. The van der Waals surface area contributed by atoms with E-state index >= 15 is 0 Å². The zero-order valence-electron chi connectivity index (χ0n) is 10.6. The van der Waals surface area contributed by atoms with Crippen molar-refractivity contribution in [2.75, 3.05) is 14.1 Å². The quantitative estimate of drug-likeness (QED) is 0.600. The van der Waals surface area contributed by atoms with Crippen LogP contribution in [0.2, 0.25) is 0 Å². The Bertz CT molecular complexity index is 587. The molecule has 0 saturated heterocycles. The van der Waals surface area contributed by atoms with Crippen molar-refractivity contribution in [1.29, 1.82) is 5.26 Å². The molecule has 104 valence electrons. The summed E-state index contributed by atoms with van der Waals surface area (Å²) in [6.45, 7) is 0. The van der Waals surface area contributed by atoms with Crippen molar-refractivity contribution >= 4 is 17.3 Å². The molecule has 0 heterocycles. The Morgan fingerprint density at radius 1 is 1.25 bits per heavy atom. The summed E-state index contributed by atoms with van der Waals surface area (Å²) in [5, 5.41) is 31.0. The molecule has 0 N–H and O–H groups in total. The van der Waals surface area contributed by atoms with Crippen LogP contribution in [0.15, 0.2) is 18.2 Å². The number of benzene rings is 1. The van der Waals surface area contributed by atoms with Gasteiger partial charge in [-0.25, -0.2) is 0 Å². The van der Waals surface area contributed by atoms with Gasteiger partial charge < -0.3 is 4.90 Å². The standard InChI is InChI=1S/C11H10N4O5/c1-13(2)11(16)7(6-12)10-8(14(17)18)4-3-5-9(10)15(19)20/h3-5,7H,1-2H3. The van der Waals surface area contributed by atoms with Gasteiger partial charge in [0, 0.05) is 26.2 Å². The van der Waals surface area contributed by atoms with E-state index in [1.807, 2.05) is 0 Å². The lowest BCUT2D eigenvalue weighted by molar-refractivity contribution is -0.395. The molecule has 0 aromatic heterocycles. The van der Waals surface area contributed by atoms with Gasteiger partial charge >= 0.3 is 0 Å². The number of carbonyl (C=O) groups is 1. The average molecular weight is 278 g/mol. The van der Waals surface area contributed by atoms with E-state index < -0.39 is 38.6 Å². The summed E-state index contributed by atoms with van der Waals surface area (Å²) in [6, 6.07) is 4.77. The van der Waals surface area contributed by atoms with E-state index in [0.29, 0.717) is 0 Å². The first-order valence-electron chi connectivity index (χ1n) is 5.33. The van der Waals surface area contributed by atoms with Crippen LogP contribution in [0.5, 0.6) is 0 Å². The van der Waals surface area contributed by atoms with Crippen molar-refractivity contribution in [2.45, 2.75) is 5.92 Å². The van der Waals surface area contributed by atoms with Crippen molar-refractivity contribution in [3.63, 3.8) is 0 Å². The maximum Gasteiger partial charge on any atom is 0.281 e. The van der Waals surface area contributed by atoms with Crippen LogP contribution in [0.25, 0.3) is 0 Å². The monoisotopic (exact) mass is 278 g/mol. The number of carbonyl (C=O) groups excluding carboxylic acids is 1. The predicted octanol–water partition coefficient (Wildman–Crippen LogP) is 1.20. The minimum atomic E-state index is -1.60. The van der Waals surface area contributed by atoms with Crippen LogP contribution in [-0.2, 0) is 4.79 Å². The molecule has 1 amide bonds. The number of amides is 1. The number of nitro groups is 2. The molecule has 1 atom stereocenters. The Balaban J connectivity index is 3.62. The fourth-order valence-electron chi connectivity index (χ4n) is 1.66. The zero-order chi connectivity index (χ0) is 15.4. The molecule has 0 spiro atoms. The molecule has 0 aliphatic heterocycles. The highest BCUT2D eigenvalue weighted by atomic mass is 16.6. The SMILES string of the molecule is CN(C)C(=O)C(C#N)c1c([N+](=O)[O-])cccc1[N+](=O)[O-]. The molecule has 0 aliphatic rings. The van der Waals surface area contributed by atoms with E-state index in [4.69, 9.17) is 5.26 Å². The largest absolute Gasteiger partial charge is 0.347 e. The first-order valence-corrected chi connectivity index (χ1v) is 5.33. The summed E-state index contributed by atoms with van der Waals surface area (Å²) < 4.78 is 0. The summed E-state index contributed by atoms with van der Waals surface area (Å²) >= 11 is 0. The fraction of sp³-hybridized carbons (Fsp3) is 0.273. The Morgan fingerprint density at radius 3 is 2.00 bits per heavy atom. The van der Waals surface area contributed by atoms with E-state index in [1.54, 1.807) is 6.07 Å². The maximum atomic E-state index is 11.9. The van der Waals surface area contributed by atoms with Gasteiger partial charge in [0.25, 0.3) is 11.4 Å². The van der Waals surface area contributed by atoms with E-state index in [1.165, 1.54) is 14.1 Å². The number of likely N-dealkylation sites (N-methyl/N-ethyl adjacent to an activating group) is 1. The molecule has 9 nitrogen and oxygen atoms in total. The molecule has 9 heteroatoms. The molecule has 0 saturated carbocycles. The van der Waals surface area contributed by atoms with Crippen LogP contribution in [0, 0.1) is 31.6 Å². The number of hydrogen-bond acceptors (Lipinski definition) is 6. The van der Waals surface area contributed by atoms with Gasteiger partial charge in [-0.3, -0.25) is 25.0 Å².